The minimum absolute atomic E-state index is 0.0661. The Morgan fingerprint density at radius 2 is 1.00 bits per heavy atom. The van der Waals surface area contributed by atoms with Crippen LogP contribution in [0.1, 0.15) is 48.9 Å². The molecule has 2 aromatic heterocycles. The SMILES string of the molecule is CCOC(=O)C1(C(=O)OCC)CCN(Cc2ccc(-c3noc(-c4ccc(C(F)(F)F)cc4)n3)cc2)CC1.OCc1ccc(-c2noc(-c3ccc(C(F)(F)F)cc3)n2)cc1. The summed E-state index contributed by atoms with van der Waals surface area (Å²) in [5.41, 5.74) is 1.18. The highest BCUT2D eigenvalue weighted by molar-refractivity contribution is 6.00. The van der Waals surface area contributed by atoms with Gasteiger partial charge in [-0.15, -0.1) is 0 Å². The van der Waals surface area contributed by atoms with E-state index in [0.717, 1.165) is 35.4 Å². The number of aliphatic hydroxyl groups excluding tert-OH is 1. The number of rotatable bonds is 11. The van der Waals surface area contributed by atoms with Crippen molar-refractivity contribution in [2.45, 2.75) is 52.2 Å². The molecule has 0 radical (unpaired) electrons. The predicted molar refractivity (Wildman–Crippen MR) is 206 cm³/mol. The Bertz CT molecular complexity index is 2350. The maximum absolute atomic E-state index is 12.8. The zero-order chi connectivity index (χ0) is 43.8. The molecule has 4 aromatic carbocycles. The van der Waals surface area contributed by atoms with Crippen molar-refractivity contribution in [3.63, 3.8) is 0 Å². The lowest BCUT2D eigenvalue weighted by atomic mass is 9.78. The van der Waals surface area contributed by atoms with Gasteiger partial charge in [0.15, 0.2) is 5.41 Å². The first-order valence-electron chi connectivity index (χ1n) is 19.0. The highest BCUT2D eigenvalue weighted by atomic mass is 19.4. The Morgan fingerprint density at radius 3 is 1.36 bits per heavy atom. The topological polar surface area (TPSA) is 154 Å². The van der Waals surface area contributed by atoms with Gasteiger partial charge >= 0.3 is 24.3 Å². The predicted octanol–water partition coefficient (Wildman–Crippen LogP) is 9.05. The number of hydrogen-bond acceptors (Lipinski definition) is 12. The summed E-state index contributed by atoms with van der Waals surface area (Å²) < 4.78 is 96.7. The molecule has 61 heavy (non-hydrogen) atoms. The lowest BCUT2D eigenvalue weighted by molar-refractivity contribution is -0.176. The van der Waals surface area contributed by atoms with Crippen molar-refractivity contribution in [1.29, 1.82) is 0 Å². The van der Waals surface area contributed by atoms with Crippen LogP contribution in [0, 0.1) is 5.41 Å². The molecule has 7 rings (SSSR count). The van der Waals surface area contributed by atoms with Gasteiger partial charge < -0.3 is 23.6 Å². The van der Waals surface area contributed by atoms with Crippen LogP contribution in [0.2, 0.25) is 0 Å². The van der Waals surface area contributed by atoms with E-state index in [0.29, 0.717) is 66.4 Å². The summed E-state index contributed by atoms with van der Waals surface area (Å²) in [6, 6.07) is 23.5. The van der Waals surface area contributed by atoms with Crippen LogP contribution in [0.25, 0.3) is 45.7 Å². The van der Waals surface area contributed by atoms with Crippen LogP contribution >= 0.6 is 0 Å². The average molecular weight is 852 g/mol. The van der Waals surface area contributed by atoms with Gasteiger partial charge in [0, 0.05) is 41.9 Å². The van der Waals surface area contributed by atoms with Crippen LogP contribution in [0.3, 0.4) is 0 Å². The number of benzene rings is 4. The molecule has 0 unspecified atom stereocenters. The Hall–Kier alpha value is -6.40. The first-order valence-corrected chi connectivity index (χ1v) is 19.0. The molecule has 0 amide bonds. The smallest absolute Gasteiger partial charge is 0.416 e. The van der Waals surface area contributed by atoms with E-state index >= 15 is 0 Å². The van der Waals surface area contributed by atoms with Gasteiger partial charge in [-0.1, -0.05) is 58.8 Å². The third kappa shape index (κ3) is 10.7. The van der Waals surface area contributed by atoms with Crippen molar-refractivity contribution < 1.29 is 59.6 Å². The number of aliphatic hydroxyl groups is 1. The fourth-order valence-electron chi connectivity index (χ4n) is 6.42. The van der Waals surface area contributed by atoms with Crippen molar-refractivity contribution in [1.82, 2.24) is 25.2 Å². The second-order valence-electron chi connectivity index (χ2n) is 13.8. The molecule has 0 aliphatic carbocycles. The molecule has 0 atom stereocenters. The minimum atomic E-state index is -4.42. The Balaban J connectivity index is 0.000000230. The van der Waals surface area contributed by atoms with Crippen molar-refractivity contribution >= 4 is 11.9 Å². The first-order chi connectivity index (χ1) is 29.1. The third-order valence-corrected chi connectivity index (χ3v) is 9.83. The van der Waals surface area contributed by atoms with Crippen LogP contribution in [0.15, 0.2) is 106 Å². The highest BCUT2D eigenvalue weighted by Crippen LogP contribution is 2.36. The molecule has 0 spiro atoms. The van der Waals surface area contributed by atoms with Crippen molar-refractivity contribution in [2.24, 2.45) is 5.41 Å². The lowest BCUT2D eigenvalue weighted by Crippen LogP contribution is -2.50. The van der Waals surface area contributed by atoms with Gasteiger partial charge in [0.1, 0.15) is 0 Å². The molecular formula is C43H39F6N5O7. The number of hydrogen-bond donors (Lipinski definition) is 1. The van der Waals surface area contributed by atoms with Gasteiger partial charge in [-0.3, -0.25) is 14.5 Å². The number of piperidine rings is 1. The van der Waals surface area contributed by atoms with Crippen LogP contribution in [-0.2, 0) is 44.6 Å². The average Bonchev–Trinajstić information content (AvgIpc) is 3.96. The molecule has 12 nitrogen and oxygen atoms in total. The fraction of sp³-hybridized carbons (Fsp3) is 0.302. The van der Waals surface area contributed by atoms with Crippen LogP contribution < -0.4 is 0 Å². The summed E-state index contributed by atoms with van der Waals surface area (Å²) in [4.78, 5) is 35.9. The van der Waals surface area contributed by atoms with E-state index < -0.39 is 40.8 Å². The third-order valence-electron chi connectivity index (χ3n) is 9.83. The van der Waals surface area contributed by atoms with Gasteiger partial charge in [0.05, 0.1) is 30.9 Å². The quantitative estimate of drug-likeness (QED) is 0.0752. The number of ether oxygens (including phenoxy) is 2. The summed E-state index contributed by atoms with van der Waals surface area (Å²) in [5, 5.41) is 16.8. The number of nitrogens with zero attached hydrogens (tertiary/aromatic N) is 5. The monoisotopic (exact) mass is 851 g/mol. The zero-order valence-corrected chi connectivity index (χ0v) is 32.8. The van der Waals surface area contributed by atoms with E-state index in [1.165, 1.54) is 24.3 Å². The zero-order valence-electron chi connectivity index (χ0n) is 32.8. The minimum Gasteiger partial charge on any atom is -0.465 e. The highest BCUT2D eigenvalue weighted by Gasteiger charge is 2.50. The lowest BCUT2D eigenvalue weighted by Gasteiger charge is -2.38. The Morgan fingerprint density at radius 1 is 0.623 bits per heavy atom. The summed E-state index contributed by atoms with van der Waals surface area (Å²) in [6.07, 6.45) is -8.16. The number of esters is 2. The van der Waals surface area contributed by atoms with E-state index in [2.05, 4.69) is 25.2 Å². The van der Waals surface area contributed by atoms with E-state index in [1.54, 1.807) is 38.1 Å². The maximum Gasteiger partial charge on any atom is 0.416 e. The van der Waals surface area contributed by atoms with E-state index in [9.17, 15) is 35.9 Å². The largest absolute Gasteiger partial charge is 0.465 e. The molecule has 1 fully saturated rings. The number of alkyl halides is 6. The normalized spacial score (nSPS) is 14.2. The van der Waals surface area contributed by atoms with Gasteiger partial charge in [-0.05, 0) is 86.3 Å². The summed E-state index contributed by atoms with van der Waals surface area (Å²) >= 11 is 0. The molecule has 0 bridgehead atoms. The molecule has 18 heteroatoms. The molecule has 320 valence electrons. The second-order valence-corrected chi connectivity index (χ2v) is 13.8. The summed E-state index contributed by atoms with van der Waals surface area (Å²) in [6.45, 7) is 5.42. The van der Waals surface area contributed by atoms with E-state index in [-0.39, 0.29) is 31.6 Å². The van der Waals surface area contributed by atoms with Gasteiger partial charge in [-0.2, -0.15) is 36.3 Å². The molecule has 3 heterocycles. The van der Waals surface area contributed by atoms with Crippen LogP contribution in [0.4, 0.5) is 26.3 Å². The van der Waals surface area contributed by atoms with Gasteiger partial charge in [0.25, 0.3) is 11.8 Å². The standard InChI is InChI=1S/C27H28F3N3O5.C16H11F3N2O2/c1-3-36-24(34)26(25(35)37-4-2)13-15-33(16-14-26)17-18-5-7-19(8-6-18)22-31-23(38-32-22)20-9-11-21(12-10-20)27(28,29)30;17-16(18,19)13-7-5-12(6-8-13)15-20-14(21-23-15)11-3-1-10(9-22)2-4-11/h5-12H,3-4,13-17H2,1-2H3;1-8,22H,9H2. The molecular weight excluding hydrogens is 812 g/mol. The van der Waals surface area contributed by atoms with Crippen LogP contribution in [0.5, 0.6) is 0 Å². The summed E-state index contributed by atoms with van der Waals surface area (Å²) in [5.74, 6) is -0.156. The second kappa shape index (κ2) is 18.9. The molecule has 1 saturated heterocycles. The van der Waals surface area contributed by atoms with E-state index in [1.807, 2.05) is 24.3 Å². The number of carbonyl (C=O) groups excluding carboxylic acids is 2. The van der Waals surface area contributed by atoms with Crippen molar-refractivity contribution in [3.05, 3.63) is 119 Å². The van der Waals surface area contributed by atoms with E-state index in [4.69, 9.17) is 23.6 Å². The van der Waals surface area contributed by atoms with Gasteiger partial charge in [0.2, 0.25) is 11.6 Å². The molecule has 1 aliphatic rings. The number of halogens is 6. The molecule has 1 aliphatic heterocycles. The van der Waals surface area contributed by atoms with Gasteiger partial charge in [-0.25, -0.2) is 0 Å². The van der Waals surface area contributed by atoms with Crippen molar-refractivity contribution in [2.75, 3.05) is 26.3 Å². The van der Waals surface area contributed by atoms with Crippen molar-refractivity contribution in [3.8, 4) is 45.7 Å². The number of carbonyl (C=O) groups is 2. The molecule has 1 N–H and O–H groups in total. The number of likely N-dealkylation sites (tertiary alicyclic amines) is 1. The maximum atomic E-state index is 12.8. The Labute approximate surface area is 345 Å². The summed E-state index contributed by atoms with van der Waals surface area (Å²) in [7, 11) is 0. The molecule has 0 saturated carbocycles. The Kier molecular flexibility index (Phi) is 13.7. The fourth-order valence-corrected chi connectivity index (χ4v) is 6.42. The van der Waals surface area contributed by atoms with Crippen LogP contribution in [-0.4, -0.2) is 68.5 Å². The first kappa shape index (κ1) is 44.2. The molecule has 6 aromatic rings. The number of aromatic nitrogens is 4.